The maximum absolute atomic E-state index is 12.7. The molecule has 2 aliphatic heterocycles. The number of carbonyl (C=O) groups excluding carboxylic acids is 4. The van der Waals surface area contributed by atoms with Crippen molar-refractivity contribution in [1.82, 2.24) is 20.0 Å². The number of fused-ring (bicyclic) bond motifs is 1. The number of nitrogens with one attached hydrogen (secondary N) is 2. The van der Waals surface area contributed by atoms with E-state index in [1.54, 1.807) is 29.1 Å². The first-order chi connectivity index (χ1) is 12.9. The standard InChI is InChI=1S/C18H17N5O4/c1-9-7-20-22(2)14(9)8-19-10-3-4-11-12(5-10)18(27)23(17(11)26)13-6-15(24)21-16(13)25/h3-5,7,13,19H,6,8H2,1-2H3,(H,21,24,25). The van der Waals surface area contributed by atoms with Crippen LogP contribution in [0, 0.1) is 6.92 Å². The second-order valence-electron chi connectivity index (χ2n) is 6.62. The number of amides is 4. The van der Waals surface area contributed by atoms with Crippen LogP contribution in [0.25, 0.3) is 0 Å². The number of anilines is 1. The van der Waals surface area contributed by atoms with E-state index in [9.17, 15) is 19.2 Å². The molecule has 0 saturated carbocycles. The minimum absolute atomic E-state index is 0.199. The van der Waals surface area contributed by atoms with E-state index in [2.05, 4.69) is 15.7 Å². The summed E-state index contributed by atoms with van der Waals surface area (Å²) in [4.78, 5) is 49.5. The lowest BCUT2D eigenvalue weighted by Crippen LogP contribution is -2.44. The average Bonchev–Trinajstić information content (AvgIpc) is 3.21. The molecule has 1 unspecified atom stereocenters. The van der Waals surface area contributed by atoms with Crippen LogP contribution in [0.1, 0.15) is 38.4 Å². The van der Waals surface area contributed by atoms with Gasteiger partial charge < -0.3 is 5.32 Å². The third-order valence-electron chi connectivity index (χ3n) is 4.90. The number of rotatable bonds is 4. The fourth-order valence-corrected chi connectivity index (χ4v) is 3.41. The van der Waals surface area contributed by atoms with Crippen LogP contribution in [0.5, 0.6) is 0 Å². The maximum Gasteiger partial charge on any atom is 0.262 e. The van der Waals surface area contributed by atoms with E-state index in [1.807, 2.05) is 14.0 Å². The van der Waals surface area contributed by atoms with Crippen molar-refractivity contribution in [3.8, 4) is 0 Å². The second kappa shape index (κ2) is 6.04. The highest BCUT2D eigenvalue weighted by molar-refractivity contribution is 6.24. The summed E-state index contributed by atoms with van der Waals surface area (Å²) in [7, 11) is 1.85. The van der Waals surface area contributed by atoms with E-state index < -0.39 is 29.7 Å². The van der Waals surface area contributed by atoms with Gasteiger partial charge in [-0.15, -0.1) is 0 Å². The molecule has 1 atom stereocenters. The molecule has 4 amide bonds. The van der Waals surface area contributed by atoms with Crippen molar-refractivity contribution in [2.45, 2.75) is 25.9 Å². The fraction of sp³-hybridized carbons (Fsp3) is 0.278. The highest BCUT2D eigenvalue weighted by Gasteiger charge is 2.46. The molecule has 2 N–H and O–H groups in total. The molecule has 0 radical (unpaired) electrons. The quantitative estimate of drug-likeness (QED) is 0.754. The van der Waals surface area contributed by atoms with Crippen molar-refractivity contribution in [3.63, 3.8) is 0 Å². The molecule has 3 heterocycles. The number of hydrogen-bond acceptors (Lipinski definition) is 6. The predicted octanol–water partition coefficient (Wildman–Crippen LogP) is 0.352. The van der Waals surface area contributed by atoms with Gasteiger partial charge in [-0.1, -0.05) is 0 Å². The molecule has 9 heteroatoms. The Balaban J connectivity index is 1.57. The van der Waals surface area contributed by atoms with Gasteiger partial charge in [0.2, 0.25) is 11.8 Å². The molecule has 9 nitrogen and oxygen atoms in total. The smallest absolute Gasteiger partial charge is 0.262 e. The Morgan fingerprint density at radius 1 is 1.19 bits per heavy atom. The topological polar surface area (TPSA) is 113 Å². The highest BCUT2D eigenvalue weighted by Crippen LogP contribution is 2.29. The molecular formula is C18H17N5O4. The number of aryl methyl sites for hydroxylation is 2. The zero-order valence-electron chi connectivity index (χ0n) is 14.8. The molecule has 1 saturated heterocycles. The van der Waals surface area contributed by atoms with E-state index in [-0.39, 0.29) is 17.5 Å². The zero-order chi connectivity index (χ0) is 19.3. The molecule has 1 aromatic heterocycles. The lowest BCUT2D eigenvalue weighted by Gasteiger charge is -2.18. The van der Waals surface area contributed by atoms with Crippen molar-refractivity contribution >= 4 is 29.3 Å². The van der Waals surface area contributed by atoms with Crippen LogP contribution in [0.4, 0.5) is 5.69 Å². The van der Waals surface area contributed by atoms with E-state index in [0.29, 0.717) is 12.2 Å². The molecule has 1 fully saturated rings. The number of benzene rings is 1. The van der Waals surface area contributed by atoms with Gasteiger partial charge in [0, 0.05) is 12.7 Å². The summed E-state index contributed by atoms with van der Waals surface area (Å²) in [6, 6.07) is 3.77. The summed E-state index contributed by atoms with van der Waals surface area (Å²) < 4.78 is 1.77. The molecule has 2 aliphatic rings. The molecule has 0 spiro atoms. The fourth-order valence-electron chi connectivity index (χ4n) is 3.41. The van der Waals surface area contributed by atoms with Gasteiger partial charge in [-0.2, -0.15) is 5.10 Å². The van der Waals surface area contributed by atoms with Crippen molar-refractivity contribution in [2.75, 3.05) is 5.32 Å². The summed E-state index contributed by atoms with van der Waals surface area (Å²) in [5, 5.41) is 9.52. The summed E-state index contributed by atoms with van der Waals surface area (Å²) in [6.07, 6.45) is 1.57. The Bertz CT molecular complexity index is 990. The molecule has 0 bridgehead atoms. The van der Waals surface area contributed by atoms with Crippen LogP contribution in [-0.4, -0.2) is 44.4 Å². The molecule has 27 heavy (non-hydrogen) atoms. The number of aromatic nitrogens is 2. The number of nitrogens with zero attached hydrogens (tertiary/aromatic N) is 3. The summed E-state index contributed by atoms with van der Waals surface area (Å²) >= 11 is 0. The minimum atomic E-state index is -1.08. The average molecular weight is 367 g/mol. The highest BCUT2D eigenvalue weighted by atomic mass is 16.2. The minimum Gasteiger partial charge on any atom is -0.379 e. The maximum atomic E-state index is 12.7. The third-order valence-corrected chi connectivity index (χ3v) is 4.90. The Kier molecular flexibility index (Phi) is 3.79. The van der Waals surface area contributed by atoms with Gasteiger partial charge >= 0.3 is 0 Å². The lowest BCUT2D eigenvalue weighted by atomic mass is 10.1. The first-order valence-electron chi connectivity index (χ1n) is 8.44. The van der Waals surface area contributed by atoms with Crippen molar-refractivity contribution in [3.05, 3.63) is 46.8 Å². The van der Waals surface area contributed by atoms with Crippen molar-refractivity contribution in [2.24, 2.45) is 7.05 Å². The molecular weight excluding hydrogens is 350 g/mol. The van der Waals surface area contributed by atoms with Crippen LogP contribution in [0.15, 0.2) is 24.4 Å². The van der Waals surface area contributed by atoms with Gasteiger partial charge in [0.05, 0.1) is 36.0 Å². The number of hydrogen-bond donors (Lipinski definition) is 2. The summed E-state index contributed by atoms with van der Waals surface area (Å²) in [5.74, 6) is -2.24. The zero-order valence-corrected chi connectivity index (χ0v) is 14.8. The van der Waals surface area contributed by atoms with Crippen LogP contribution in [0.2, 0.25) is 0 Å². The van der Waals surface area contributed by atoms with Gasteiger partial charge in [0.25, 0.3) is 11.8 Å². The van der Waals surface area contributed by atoms with Crippen molar-refractivity contribution < 1.29 is 19.2 Å². The van der Waals surface area contributed by atoms with Crippen LogP contribution < -0.4 is 10.6 Å². The van der Waals surface area contributed by atoms with Gasteiger partial charge in [-0.3, -0.25) is 34.1 Å². The Hall–Kier alpha value is -3.49. The summed E-state index contributed by atoms with van der Waals surface area (Å²) in [5.41, 5.74) is 3.17. The third kappa shape index (κ3) is 2.67. The first kappa shape index (κ1) is 17.0. The number of imide groups is 2. The molecule has 4 rings (SSSR count). The number of carbonyl (C=O) groups is 4. The van der Waals surface area contributed by atoms with E-state index in [0.717, 1.165) is 16.2 Å². The van der Waals surface area contributed by atoms with E-state index >= 15 is 0 Å². The lowest BCUT2D eigenvalue weighted by molar-refractivity contribution is -0.125. The SMILES string of the molecule is Cc1cnn(C)c1CNc1ccc2c(c1)C(=O)N(C1CC(=O)NC1=O)C2=O. The van der Waals surface area contributed by atoms with Gasteiger partial charge in [-0.05, 0) is 30.7 Å². The monoisotopic (exact) mass is 367 g/mol. The first-order valence-corrected chi connectivity index (χ1v) is 8.44. The van der Waals surface area contributed by atoms with E-state index in [4.69, 9.17) is 0 Å². The largest absolute Gasteiger partial charge is 0.379 e. The Morgan fingerprint density at radius 2 is 1.93 bits per heavy atom. The molecule has 0 aliphatic carbocycles. The van der Waals surface area contributed by atoms with Crippen LogP contribution >= 0.6 is 0 Å². The normalized spacial score (nSPS) is 18.9. The van der Waals surface area contributed by atoms with Gasteiger partial charge in [0.1, 0.15) is 6.04 Å². The van der Waals surface area contributed by atoms with Crippen LogP contribution in [-0.2, 0) is 23.2 Å². The van der Waals surface area contributed by atoms with Gasteiger partial charge in [-0.25, -0.2) is 0 Å². The van der Waals surface area contributed by atoms with Gasteiger partial charge in [0.15, 0.2) is 0 Å². The summed E-state index contributed by atoms with van der Waals surface area (Å²) in [6.45, 7) is 2.47. The molecule has 1 aromatic carbocycles. The predicted molar refractivity (Wildman–Crippen MR) is 93.8 cm³/mol. The molecule has 2 aromatic rings. The van der Waals surface area contributed by atoms with Crippen LogP contribution in [0.3, 0.4) is 0 Å². The molecule has 138 valence electrons. The van der Waals surface area contributed by atoms with Crippen molar-refractivity contribution in [1.29, 1.82) is 0 Å². The second-order valence-corrected chi connectivity index (χ2v) is 6.62. The Labute approximate surface area is 154 Å². The van der Waals surface area contributed by atoms with E-state index in [1.165, 1.54) is 0 Å². The Morgan fingerprint density at radius 3 is 2.56 bits per heavy atom.